The molecule has 0 aliphatic carbocycles. The van der Waals surface area contributed by atoms with E-state index in [9.17, 15) is 36.2 Å². The van der Waals surface area contributed by atoms with E-state index >= 15 is 0 Å². The molecule has 0 spiro atoms. The summed E-state index contributed by atoms with van der Waals surface area (Å²) >= 11 is 0. The molecule has 2 aromatic heterocycles. The molecule has 2 saturated heterocycles. The third-order valence-corrected chi connectivity index (χ3v) is 10.4. The summed E-state index contributed by atoms with van der Waals surface area (Å²) in [5.74, 6) is -4.88. The molecule has 0 saturated carbocycles. The molecule has 20 heteroatoms. The number of alkyl halides is 4. The van der Waals surface area contributed by atoms with Crippen LogP contribution in [-0.4, -0.2) is 134 Å². The number of hydrogen-bond donors (Lipinski definition) is 3. The molecule has 2 unspecified atom stereocenters. The Morgan fingerprint density at radius 1 is 1.09 bits per heavy atom. The first kappa shape index (κ1) is 41.3. The molecule has 0 radical (unpaired) electrons. The smallest absolute Gasteiger partial charge is 0.387 e. The zero-order valence-corrected chi connectivity index (χ0v) is 30.3. The molecule has 4 heterocycles. The Morgan fingerprint density at radius 3 is 2.34 bits per heavy atom. The van der Waals surface area contributed by atoms with Gasteiger partial charge in [0.1, 0.15) is 12.3 Å². The zero-order chi connectivity index (χ0) is 38.5. The van der Waals surface area contributed by atoms with Crippen LogP contribution < -0.4 is 20.3 Å². The second-order valence-corrected chi connectivity index (χ2v) is 14.2. The van der Waals surface area contributed by atoms with Crippen LogP contribution in [0.2, 0.25) is 0 Å². The Kier molecular flexibility index (Phi) is 15.3. The van der Waals surface area contributed by atoms with Crippen LogP contribution in [0.3, 0.4) is 0 Å². The molecule has 1 amide bonds. The van der Waals surface area contributed by atoms with Crippen molar-refractivity contribution >= 4 is 51.7 Å². The predicted molar refractivity (Wildman–Crippen MR) is 190 cm³/mol. The molecule has 2 aliphatic heterocycles. The molecule has 53 heavy (non-hydrogen) atoms. The molecule has 15 nitrogen and oxygen atoms in total. The highest BCUT2D eigenvalue weighted by Crippen LogP contribution is 2.26. The van der Waals surface area contributed by atoms with Crippen molar-refractivity contribution in [3.05, 3.63) is 36.8 Å². The number of carboxylic acids is 1. The number of carboxylic acid groups (broad SMARTS) is 1. The third-order valence-electron chi connectivity index (χ3n) is 8.83. The van der Waals surface area contributed by atoms with Crippen molar-refractivity contribution in [2.75, 3.05) is 68.8 Å². The van der Waals surface area contributed by atoms with E-state index in [1.54, 1.807) is 17.9 Å². The van der Waals surface area contributed by atoms with E-state index in [0.717, 1.165) is 74.9 Å². The number of anilines is 2. The molecule has 0 bridgehead atoms. The number of fused-ring (bicyclic) bond motifs is 1. The van der Waals surface area contributed by atoms with Gasteiger partial charge in [-0.15, -0.1) is 0 Å². The van der Waals surface area contributed by atoms with Crippen LogP contribution in [-0.2, 0) is 25.4 Å². The second kappa shape index (κ2) is 19.6. The molecule has 5 rings (SSSR count). The number of rotatable bonds is 16. The molecule has 2 atom stereocenters. The molecule has 292 valence electrons. The van der Waals surface area contributed by atoms with Gasteiger partial charge in [0.05, 0.1) is 35.1 Å². The van der Waals surface area contributed by atoms with Gasteiger partial charge in [-0.05, 0) is 50.4 Å². The van der Waals surface area contributed by atoms with E-state index < -0.39 is 35.5 Å². The van der Waals surface area contributed by atoms with Crippen LogP contribution in [0.1, 0.15) is 45.1 Å². The van der Waals surface area contributed by atoms with Gasteiger partial charge in [0, 0.05) is 82.5 Å². The van der Waals surface area contributed by atoms with Crippen LogP contribution in [0.4, 0.5) is 29.2 Å². The summed E-state index contributed by atoms with van der Waals surface area (Å²) in [6.07, 6.45) is 8.13. The van der Waals surface area contributed by atoms with Gasteiger partial charge in [0.25, 0.3) is 0 Å². The maximum Gasteiger partial charge on any atom is 0.387 e. The number of nitrogens with zero attached hydrogens (tertiary/aromatic N) is 7. The summed E-state index contributed by atoms with van der Waals surface area (Å²) in [7, 11) is 0.545. The fraction of sp³-hybridized carbons (Fsp3) is 0.576. The van der Waals surface area contributed by atoms with Crippen molar-refractivity contribution in [3.63, 3.8) is 0 Å². The molecule has 2 fully saturated rings. The van der Waals surface area contributed by atoms with Crippen LogP contribution in [0, 0.1) is 0 Å². The predicted octanol–water partition coefficient (Wildman–Crippen LogP) is 3.17. The summed E-state index contributed by atoms with van der Waals surface area (Å²) in [6.45, 7) is 3.33. The van der Waals surface area contributed by atoms with Gasteiger partial charge in [0.15, 0.2) is 5.75 Å². The average Bonchev–Trinajstić information content (AvgIpc) is 3.56. The Hall–Kier alpha value is -4.43. The van der Waals surface area contributed by atoms with Gasteiger partial charge in [-0.2, -0.15) is 22.7 Å². The number of piperidine rings is 1. The zero-order valence-electron chi connectivity index (χ0n) is 29.5. The lowest BCUT2D eigenvalue weighted by Gasteiger charge is -2.36. The highest BCUT2D eigenvalue weighted by atomic mass is 32.2. The van der Waals surface area contributed by atoms with E-state index in [2.05, 4.69) is 52.4 Å². The lowest BCUT2D eigenvalue weighted by Crippen LogP contribution is -2.47. The standard InChI is InChI=1S/C30H41F2N9O4S.C3H4F2O2/c1-33-28(43)6-4-25(21-42)41-27-5-3-24(17-22(27)18-36-41)39-14-12-38(13-15-39)9-2-16-46(44)40-10-7-23(8-11-40)37-30-34-19-26(20-35-30)45-29(31)32;1-3(4,5)2(6)7/h3,5,17-21,23,25,29H,2,4,6-16H2,1H3,(H,33,43)(H,34,35,37);1H3,(H,6,7). The van der Waals surface area contributed by atoms with Crippen molar-refractivity contribution in [2.45, 2.75) is 63.6 Å². The number of nitrogens with one attached hydrogen (secondary N) is 2. The van der Waals surface area contributed by atoms with Crippen molar-refractivity contribution in [1.29, 1.82) is 0 Å². The Morgan fingerprint density at radius 2 is 1.75 bits per heavy atom. The Labute approximate surface area is 306 Å². The van der Waals surface area contributed by atoms with Gasteiger partial charge < -0.3 is 30.2 Å². The summed E-state index contributed by atoms with van der Waals surface area (Å²) < 4.78 is 68.1. The van der Waals surface area contributed by atoms with E-state index in [4.69, 9.17) is 5.11 Å². The number of aldehydes is 1. The summed E-state index contributed by atoms with van der Waals surface area (Å²) in [4.78, 5) is 45.5. The van der Waals surface area contributed by atoms with Gasteiger partial charge in [-0.25, -0.2) is 23.3 Å². The van der Waals surface area contributed by atoms with Crippen molar-refractivity contribution in [2.24, 2.45) is 0 Å². The molecule has 3 aromatic rings. The first-order valence-electron chi connectivity index (χ1n) is 17.2. The number of halogens is 4. The molecular weight excluding hydrogens is 726 g/mol. The Balaban J connectivity index is 0.000000815. The minimum atomic E-state index is -3.58. The fourth-order valence-electron chi connectivity index (χ4n) is 5.86. The van der Waals surface area contributed by atoms with E-state index in [0.29, 0.717) is 38.1 Å². The highest BCUT2D eigenvalue weighted by Gasteiger charge is 2.31. The molecule has 3 N–H and O–H groups in total. The maximum atomic E-state index is 13.0. The number of hydrogen-bond acceptors (Lipinski definition) is 11. The number of benzene rings is 1. The number of piperazine rings is 1. The van der Waals surface area contributed by atoms with Crippen LogP contribution in [0.15, 0.2) is 36.8 Å². The van der Waals surface area contributed by atoms with Gasteiger partial charge >= 0.3 is 18.5 Å². The lowest BCUT2D eigenvalue weighted by molar-refractivity contribution is -0.161. The molecule has 2 aliphatic rings. The van der Waals surface area contributed by atoms with Gasteiger partial charge in [0.2, 0.25) is 11.9 Å². The summed E-state index contributed by atoms with van der Waals surface area (Å²) in [5, 5.41) is 18.7. The first-order valence-corrected chi connectivity index (χ1v) is 18.4. The molecular formula is C33H45F4N9O6S. The lowest BCUT2D eigenvalue weighted by atomic mass is 10.1. The van der Waals surface area contributed by atoms with Crippen LogP contribution in [0.5, 0.6) is 5.75 Å². The monoisotopic (exact) mass is 771 g/mol. The van der Waals surface area contributed by atoms with Crippen molar-refractivity contribution in [3.8, 4) is 5.75 Å². The van der Waals surface area contributed by atoms with E-state index in [-0.39, 0.29) is 24.1 Å². The first-order chi connectivity index (χ1) is 25.3. The number of aliphatic carboxylic acids is 1. The number of carbonyl (C=O) groups excluding carboxylic acids is 2. The molecule has 1 aromatic carbocycles. The van der Waals surface area contributed by atoms with Gasteiger partial charge in [-0.1, -0.05) is 0 Å². The number of aromatic nitrogens is 4. The highest BCUT2D eigenvalue weighted by molar-refractivity contribution is 7.82. The van der Waals surface area contributed by atoms with E-state index in [1.165, 1.54) is 12.4 Å². The maximum absolute atomic E-state index is 13.0. The van der Waals surface area contributed by atoms with E-state index in [1.807, 2.05) is 10.4 Å². The number of carbonyl (C=O) groups is 3. The fourth-order valence-corrected chi connectivity index (χ4v) is 7.12. The van der Waals surface area contributed by atoms with Crippen LogP contribution >= 0.6 is 0 Å². The van der Waals surface area contributed by atoms with Crippen molar-refractivity contribution < 1.29 is 46.0 Å². The minimum absolute atomic E-state index is 0.0853. The largest absolute Gasteiger partial charge is 0.477 e. The Bertz CT molecular complexity index is 1660. The topological polar surface area (TPSA) is 175 Å². The summed E-state index contributed by atoms with van der Waals surface area (Å²) in [5.41, 5.74) is 1.98. The third kappa shape index (κ3) is 12.6. The number of ether oxygens (including phenoxy) is 1. The second-order valence-electron chi connectivity index (χ2n) is 12.6. The SMILES string of the molecule is CC(F)(F)C(=O)O.CNC(=O)CCC(C=O)n1ncc2cc(N3CCN(CCCS(=O)N4CCC(Nc5ncc(OC(F)F)cn5)CC4)CC3)ccc21. The van der Waals surface area contributed by atoms with Crippen molar-refractivity contribution in [1.82, 2.24) is 34.3 Å². The van der Waals surface area contributed by atoms with Gasteiger partial charge in [-0.3, -0.25) is 14.4 Å². The quantitative estimate of drug-likeness (QED) is 0.144. The summed E-state index contributed by atoms with van der Waals surface area (Å²) in [6, 6.07) is 5.79. The minimum Gasteiger partial charge on any atom is -0.477 e. The number of amides is 1. The van der Waals surface area contributed by atoms with Crippen LogP contribution in [0.25, 0.3) is 10.9 Å². The average molecular weight is 772 g/mol. The normalized spacial score (nSPS) is 17.2.